The van der Waals surface area contributed by atoms with E-state index in [9.17, 15) is 0 Å². The van der Waals surface area contributed by atoms with Gasteiger partial charge >= 0.3 is 0 Å². The Labute approximate surface area is 153 Å². The van der Waals surface area contributed by atoms with E-state index >= 15 is 0 Å². The van der Waals surface area contributed by atoms with Crippen LogP contribution in [0.3, 0.4) is 0 Å². The van der Waals surface area contributed by atoms with E-state index in [1.165, 1.54) is 15.9 Å². The third kappa shape index (κ3) is 4.49. The van der Waals surface area contributed by atoms with Crippen molar-refractivity contribution >= 4 is 18.7 Å². The summed E-state index contributed by atoms with van der Waals surface area (Å²) in [4.78, 5) is 0. The standard InChI is InChI=1S/C22H30O2Si/c1-19(15-17-23)16-18-24-25(22(2,3)4,20-11-7-5-8-12-20)21-13-9-6-10-14-21/h5-15,23H,16-18H2,1-4H3/b19-15+. The van der Waals surface area contributed by atoms with Gasteiger partial charge in [0, 0.05) is 6.61 Å². The molecule has 0 spiro atoms. The number of rotatable bonds is 7. The predicted octanol–water partition coefficient (Wildman–Crippen LogP) is 3.89. The van der Waals surface area contributed by atoms with E-state index in [2.05, 4.69) is 81.4 Å². The zero-order valence-corrected chi connectivity index (χ0v) is 16.8. The van der Waals surface area contributed by atoms with Crippen molar-refractivity contribution in [2.24, 2.45) is 0 Å². The van der Waals surface area contributed by atoms with Gasteiger partial charge in [-0.3, -0.25) is 0 Å². The average Bonchev–Trinajstić information content (AvgIpc) is 2.59. The van der Waals surface area contributed by atoms with E-state index in [0.717, 1.165) is 6.42 Å². The molecule has 25 heavy (non-hydrogen) atoms. The summed E-state index contributed by atoms with van der Waals surface area (Å²) in [5.74, 6) is 0. The van der Waals surface area contributed by atoms with Crippen LogP contribution in [0.5, 0.6) is 0 Å². The first kappa shape index (κ1) is 19.6. The molecule has 134 valence electrons. The minimum absolute atomic E-state index is 0.00427. The second kappa shape index (κ2) is 8.61. The van der Waals surface area contributed by atoms with Crippen molar-refractivity contribution in [3.63, 3.8) is 0 Å². The van der Waals surface area contributed by atoms with Crippen molar-refractivity contribution in [3.05, 3.63) is 72.3 Å². The lowest BCUT2D eigenvalue weighted by Crippen LogP contribution is -2.66. The van der Waals surface area contributed by atoms with Crippen molar-refractivity contribution in [1.29, 1.82) is 0 Å². The first-order valence-corrected chi connectivity index (χ1v) is 10.8. The van der Waals surface area contributed by atoms with Gasteiger partial charge in [0.05, 0.1) is 6.61 Å². The van der Waals surface area contributed by atoms with Crippen LogP contribution in [0, 0.1) is 0 Å². The van der Waals surface area contributed by atoms with Crippen molar-refractivity contribution in [2.75, 3.05) is 13.2 Å². The number of hydrogen-bond acceptors (Lipinski definition) is 2. The molecule has 0 aliphatic rings. The number of aliphatic hydroxyl groups excluding tert-OH is 1. The van der Waals surface area contributed by atoms with E-state index < -0.39 is 8.32 Å². The van der Waals surface area contributed by atoms with Crippen molar-refractivity contribution < 1.29 is 9.53 Å². The molecule has 0 bridgehead atoms. The highest BCUT2D eigenvalue weighted by atomic mass is 28.4. The van der Waals surface area contributed by atoms with Gasteiger partial charge in [-0.05, 0) is 28.8 Å². The molecule has 2 aromatic carbocycles. The largest absolute Gasteiger partial charge is 0.407 e. The van der Waals surface area contributed by atoms with Gasteiger partial charge in [0.1, 0.15) is 0 Å². The molecular formula is C22H30O2Si. The fourth-order valence-corrected chi connectivity index (χ4v) is 7.95. The van der Waals surface area contributed by atoms with Gasteiger partial charge in [-0.25, -0.2) is 0 Å². The van der Waals surface area contributed by atoms with Gasteiger partial charge in [-0.15, -0.1) is 0 Å². The fourth-order valence-electron chi connectivity index (χ4n) is 3.38. The van der Waals surface area contributed by atoms with Crippen LogP contribution in [0.2, 0.25) is 5.04 Å². The lowest BCUT2D eigenvalue weighted by atomic mass is 10.2. The zero-order chi connectivity index (χ0) is 18.3. The molecule has 0 fully saturated rings. The van der Waals surface area contributed by atoms with Crippen LogP contribution in [0.15, 0.2) is 72.3 Å². The van der Waals surface area contributed by atoms with Crippen molar-refractivity contribution in [3.8, 4) is 0 Å². The maximum Gasteiger partial charge on any atom is 0.261 e. The Bertz CT molecular complexity index is 633. The van der Waals surface area contributed by atoms with Crippen LogP contribution in [-0.2, 0) is 4.43 Å². The molecule has 3 heteroatoms. The summed E-state index contributed by atoms with van der Waals surface area (Å²) >= 11 is 0. The Balaban J connectivity index is 2.47. The molecule has 0 heterocycles. The van der Waals surface area contributed by atoms with Gasteiger partial charge < -0.3 is 9.53 Å². The van der Waals surface area contributed by atoms with Gasteiger partial charge in [-0.2, -0.15) is 0 Å². The van der Waals surface area contributed by atoms with E-state index in [1.807, 2.05) is 13.0 Å². The number of aliphatic hydroxyl groups is 1. The smallest absolute Gasteiger partial charge is 0.261 e. The number of hydrogen-bond donors (Lipinski definition) is 1. The molecule has 0 unspecified atom stereocenters. The van der Waals surface area contributed by atoms with E-state index in [1.54, 1.807) is 0 Å². The Morgan fingerprint density at radius 1 is 0.960 bits per heavy atom. The summed E-state index contributed by atoms with van der Waals surface area (Å²) < 4.78 is 6.80. The average molecular weight is 355 g/mol. The first-order chi connectivity index (χ1) is 11.9. The molecule has 0 saturated carbocycles. The quantitative estimate of drug-likeness (QED) is 0.604. The third-order valence-electron chi connectivity index (χ3n) is 4.67. The molecule has 0 saturated heterocycles. The summed E-state index contributed by atoms with van der Waals surface area (Å²) in [6.45, 7) is 9.66. The Morgan fingerprint density at radius 3 is 1.84 bits per heavy atom. The molecular weight excluding hydrogens is 324 g/mol. The Morgan fingerprint density at radius 2 is 1.44 bits per heavy atom. The number of benzene rings is 2. The molecule has 0 radical (unpaired) electrons. The Hall–Kier alpha value is -1.68. The van der Waals surface area contributed by atoms with Crippen LogP contribution in [0.4, 0.5) is 0 Å². The SMILES string of the molecule is C/C(=C\CO)CCO[Si](c1ccccc1)(c1ccccc1)C(C)(C)C. The van der Waals surface area contributed by atoms with E-state index in [-0.39, 0.29) is 11.6 Å². The maximum atomic E-state index is 9.07. The fraction of sp³-hybridized carbons (Fsp3) is 0.364. The van der Waals surface area contributed by atoms with Crippen LogP contribution < -0.4 is 10.4 Å². The van der Waals surface area contributed by atoms with Crippen molar-refractivity contribution in [2.45, 2.75) is 39.2 Å². The van der Waals surface area contributed by atoms with Crippen LogP contribution >= 0.6 is 0 Å². The van der Waals surface area contributed by atoms with Gasteiger partial charge in [-0.1, -0.05) is 93.1 Å². The molecule has 0 atom stereocenters. The molecule has 2 nitrogen and oxygen atoms in total. The summed E-state index contributed by atoms with van der Waals surface area (Å²) in [6.07, 6.45) is 2.69. The summed E-state index contributed by atoms with van der Waals surface area (Å²) in [5, 5.41) is 11.7. The first-order valence-electron chi connectivity index (χ1n) is 8.93. The van der Waals surface area contributed by atoms with Crippen molar-refractivity contribution in [1.82, 2.24) is 0 Å². The molecule has 0 aliphatic carbocycles. The topological polar surface area (TPSA) is 29.5 Å². The van der Waals surface area contributed by atoms with Crippen LogP contribution in [-0.4, -0.2) is 26.6 Å². The lowest BCUT2D eigenvalue weighted by molar-refractivity contribution is 0.300. The molecule has 2 aromatic rings. The second-order valence-corrected chi connectivity index (χ2v) is 11.8. The van der Waals surface area contributed by atoms with E-state index in [4.69, 9.17) is 9.53 Å². The zero-order valence-electron chi connectivity index (χ0n) is 15.8. The summed E-state index contributed by atoms with van der Waals surface area (Å²) in [6, 6.07) is 21.4. The second-order valence-electron chi connectivity index (χ2n) is 7.49. The highest BCUT2D eigenvalue weighted by molar-refractivity contribution is 6.99. The molecule has 2 rings (SSSR count). The maximum absolute atomic E-state index is 9.07. The molecule has 0 amide bonds. The normalized spacial score (nSPS) is 13.1. The van der Waals surface area contributed by atoms with Gasteiger partial charge in [0.15, 0.2) is 0 Å². The minimum atomic E-state index is -2.43. The summed E-state index contributed by atoms with van der Waals surface area (Å²) in [5.41, 5.74) is 1.17. The highest BCUT2D eigenvalue weighted by Crippen LogP contribution is 2.36. The van der Waals surface area contributed by atoms with Gasteiger partial charge in [0.2, 0.25) is 0 Å². The van der Waals surface area contributed by atoms with E-state index in [0.29, 0.717) is 6.61 Å². The van der Waals surface area contributed by atoms with Gasteiger partial charge in [0.25, 0.3) is 8.32 Å². The monoisotopic (exact) mass is 354 g/mol. The third-order valence-corrected chi connectivity index (χ3v) is 9.71. The Kier molecular flexibility index (Phi) is 6.76. The molecule has 1 N–H and O–H groups in total. The minimum Gasteiger partial charge on any atom is -0.407 e. The molecule has 0 aliphatic heterocycles. The molecule has 0 aromatic heterocycles. The summed E-state index contributed by atoms with van der Waals surface area (Å²) in [7, 11) is -2.43. The van der Waals surface area contributed by atoms with Crippen LogP contribution in [0.1, 0.15) is 34.1 Å². The highest BCUT2D eigenvalue weighted by Gasteiger charge is 2.49. The van der Waals surface area contributed by atoms with Crippen LogP contribution in [0.25, 0.3) is 0 Å². The lowest BCUT2D eigenvalue weighted by Gasteiger charge is -2.43. The predicted molar refractivity (Wildman–Crippen MR) is 109 cm³/mol.